The van der Waals surface area contributed by atoms with Gasteiger partial charge in [-0.05, 0) is 24.7 Å². The Morgan fingerprint density at radius 2 is 2.21 bits per heavy atom. The van der Waals surface area contributed by atoms with Gasteiger partial charge in [0.25, 0.3) is 0 Å². The Morgan fingerprint density at radius 3 is 2.74 bits per heavy atom. The first kappa shape index (κ1) is 14.3. The van der Waals surface area contributed by atoms with E-state index in [2.05, 4.69) is 16.7 Å². The summed E-state index contributed by atoms with van der Waals surface area (Å²) < 4.78 is 28.7. The number of nitrogen functional groups attached to an aromatic ring is 1. The minimum Gasteiger partial charge on any atom is -0.381 e. The number of nitrogens with zero attached hydrogens (tertiary/aromatic N) is 2. The van der Waals surface area contributed by atoms with E-state index in [0.29, 0.717) is 13.1 Å². The van der Waals surface area contributed by atoms with Crippen LogP contribution in [0.25, 0.3) is 0 Å². The number of nitrogens with one attached hydrogen (secondary N) is 1. The molecule has 1 aromatic rings. The van der Waals surface area contributed by atoms with Crippen LogP contribution in [0.15, 0.2) is 11.1 Å². The summed E-state index contributed by atoms with van der Waals surface area (Å²) in [5.41, 5.74) is 5.79. The second-order valence-electron chi connectivity index (χ2n) is 5.63. The van der Waals surface area contributed by atoms with Gasteiger partial charge in [-0.15, -0.1) is 0 Å². The molecule has 1 aliphatic rings. The van der Waals surface area contributed by atoms with E-state index >= 15 is 0 Å². The van der Waals surface area contributed by atoms with Crippen LogP contribution in [0.1, 0.15) is 39.5 Å². The van der Waals surface area contributed by atoms with E-state index in [4.69, 9.17) is 5.73 Å². The van der Waals surface area contributed by atoms with Gasteiger partial charge in [0, 0.05) is 19.3 Å². The minimum atomic E-state index is -3.56. The van der Waals surface area contributed by atoms with Gasteiger partial charge in [0.2, 0.25) is 10.0 Å². The number of nitrogens with two attached hydrogens (primary N) is 1. The normalized spacial score (nSPS) is 18.2. The van der Waals surface area contributed by atoms with Gasteiger partial charge in [-0.2, -0.15) is 5.10 Å². The Kier molecular flexibility index (Phi) is 3.87. The lowest BCUT2D eigenvalue weighted by Crippen LogP contribution is -2.39. The molecule has 6 nitrogen and oxygen atoms in total. The van der Waals surface area contributed by atoms with Crippen LogP contribution in [0.2, 0.25) is 0 Å². The molecular formula is C12H22N4O2S. The van der Waals surface area contributed by atoms with E-state index < -0.39 is 10.0 Å². The third kappa shape index (κ3) is 3.09. The maximum atomic E-state index is 12.2. The van der Waals surface area contributed by atoms with Crippen LogP contribution in [0, 0.1) is 5.41 Å². The quantitative estimate of drug-likeness (QED) is 0.826. The highest BCUT2D eigenvalue weighted by Gasteiger charge is 2.33. The third-order valence-corrected chi connectivity index (χ3v) is 5.16. The first-order chi connectivity index (χ1) is 8.86. The molecule has 0 aliphatic heterocycles. The number of hydrogen-bond donors (Lipinski definition) is 2. The van der Waals surface area contributed by atoms with Crippen molar-refractivity contribution in [3.05, 3.63) is 6.20 Å². The van der Waals surface area contributed by atoms with Crippen LogP contribution in [0.3, 0.4) is 0 Å². The van der Waals surface area contributed by atoms with Crippen molar-refractivity contribution in [3.8, 4) is 0 Å². The minimum absolute atomic E-state index is 0.0692. The van der Waals surface area contributed by atoms with Crippen LogP contribution >= 0.6 is 0 Å². The van der Waals surface area contributed by atoms with Crippen LogP contribution in [0.4, 0.5) is 5.82 Å². The lowest BCUT2D eigenvalue weighted by Gasteiger charge is -2.38. The molecule has 0 bridgehead atoms. The van der Waals surface area contributed by atoms with Gasteiger partial charge in [0.15, 0.2) is 5.82 Å². The fraction of sp³-hybridized carbons (Fsp3) is 0.750. The van der Waals surface area contributed by atoms with Crippen molar-refractivity contribution < 1.29 is 8.42 Å². The van der Waals surface area contributed by atoms with Crippen LogP contribution in [-0.4, -0.2) is 24.7 Å². The number of anilines is 1. The highest BCUT2D eigenvalue weighted by molar-refractivity contribution is 7.89. The van der Waals surface area contributed by atoms with Crippen molar-refractivity contribution in [2.45, 2.75) is 51.0 Å². The summed E-state index contributed by atoms with van der Waals surface area (Å²) in [5, 5.41) is 4.02. The summed E-state index contributed by atoms with van der Waals surface area (Å²) in [7, 11) is -3.56. The SMILES string of the molecule is CCCn1cc(S(=O)(=O)NCC2(C)CCC2)c(N)n1. The van der Waals surface area contributed by atoms with E-state index in [0.717, 1.165) is 19.3 Å². The maximum Gasteiger partial charge on any atom is 0.245 e. The van der Waals surface area contributed by atoms with Crippen molar-refractivity contribution in [2.75, 3.05) is 12.3 Å². The molecule has 2 rings (SSSR count). The summed E-state index contributed by atoms with van der Waals surface area (Å²) in [4.78, 5) is 0.0869. The molecule has 1 aromatic heterocycles. The summed E-state index contributed by atoms with van der Waals surface area (Å²) >= 11 is 0. The summed E-state index contributed by atoms with van der Waals surface area (Å²) in [6.45, 7) is 5.23. The lowest BCUT2D eigenvalue weighted by molar-refractivity contribution is 0.166. The Morgan fingerprint density at radius 1 is 1.53 bits per heavy atom. The van der Waals surface area contributed by atoms with E-state index in [-0.39, 0.29) is 16.1 Å². The van der Waals surface area contributed by atoms with E-state index in [9.17, 15) is 8.42 Å². The molecule has 0 atom stereocenters. The van der Waals surface area contributed by atoms with Gasteiger partial charge in [-0.3, -0.25) is 4.68 Å². The van der Waals surface area contributed by atoms with Gasteiger partial charge < -0.3 is 5.73 Å². The molecule has 0 saturated heterocycles. The highest BCUT2D eigenvalue weighted by atomic mass is 32.2. The largest absolute Gasteiger partial charge is 0.381 e. The summed E-state index contributed by atoms with van der Waals surface area (Å²) in [6.07, 6.45) is 5.70. The molecule has 0 aromatic carbocycles. The van der Waals surface area contributed by atoms with Crippen molar-refractivity contribution in [2.24, 2.45) is 5.41 Å². The molecule has 1 heterocycles. The topological polar surface area (TPSA) is 90.0 Å². The zero-order chi connectivity index (χ0) is 14.1. The second-order valence-corrected chi connectivity index (χ2v) is 7.37. The molecular weight excluding hydrogens is 264 g/mol. The first-order valence-electron chi connectivity index (χ1n) is 6.69. The average Bonchev–Trinajstić information content (AvgIpc) is 2.67. The summed E-state index contributed by atoms with van der Waals surface area (Å²) in [5.74, 6) is 0.0692. The predicted octanol–water partition coefficient (Wildman–Crippen LogP) is 1.34. The van der Waals surface area contributed by atoms with Crippen molar-refractivity contribution in [3.63, 3.8) is 0 Å². The van der Waals surface area contributed by atoms with Crippen molar-refractivity contribution >= 4 is 15.8 Å². The highest BCUT2D eigenvalue weighted by Crippen LogP contribution is 2.39. The molecule has 7 heteroatoms. The number of sulfonamides is 1. The van der Waals surface area contributed by atoms with Crippen LogP contribution < -0.4 is 10.5 Å². The van der Waals surface area contributed by atoms with Gasteiger partial charge in [-0.1, -0.05) is 20.3 Å². The van der Waals surface area contributed by atoms with E-state index in [1.165, 1.54) is 12.6 Å². The fourth-order valence-corrected chi connectivity index (χ4v) is 3.54. The van der Waals surface area contributed by atoms with E-state index in [1.807, 2.05) is 6.92 Å². The molecule has 108 valence electrons. The Labute approximate surface area is 114 Å². The smallest absolute Gasteiger partial charge is 0.245 e. The van der Waals surface area contributed by atoms with Crippen molar-refractivity contribution in [1.29, 1.82) is 0 Å². The zero-order valence-electron chi connectivity index (χ0n) is 11.5. The average molecular weight is 286 g/mol. The van der Waals surface area contributed by atoms with Crippen molar-refractivity contribution in [1.82, 2.24) is 14.5 Å². The number of aromatic nitrogens is 2. The van der Waals surface area contributed by atoms with E-state index in [1.54, 1.807) is 4.68 Å². The monoisotopic (exact) mass is 286 g/mol. The van der Waals surface area contributed by atoms with Crippen LogP contribution in [0.5, 0.6) is 0 Å². The second kappa shape index (κ2) is 5.13. The fourth-order valence-electron chi connectivity index (χ4n) is 2.27. The number of rotatable bonds is 6. The third-order valence-electron chi connectivity index (χ3n) is 3.75. The standard InChI is InChI=1S/C12H22N4O2S/c1-3-7-16-8-10(11(13)15-16)19(17,18)14-9-12(2)5-4-6-12/h8,14H,3-7,9H2,1-2H3,(H2,13,15). The molecule has 1 aliphatic carbocycles. The van der Waals surface area contributed by atoms with Gasteiger partial charge >= 0.3 is 0 Å². The Hall–Kier alpha value is -1.08. The van der Waals surface area contributed by atoms with Gasteiger partial charge in [0.05, 0.1) is 0 Å². The van der Waals surface area contributed by atoms with Gasteiger partial charge in [-0.25, -0.2) is 13.1 Å². The molecule has 0 radical (unpaired) electrons. The molecule has 0 amide bonds. The molecule has 19 heavy (non-hydrogen) atoms. The predicted molar refractivity (Wildman–Crippen MR) is 74.1 cm³/mol. The molecule has 0 spiro atoms. The molecule has 1 fully saturated rings. The molecule has 0 unspecified atom stereocenters. The zero-order valence-corrected chi connectivity index (χ0v) is 12.3. The Balaban J connectivity index is 2.10. The maximum absolute atomic E-state index is 12.2. The number of aryl methyl sites for hydroxylation is 1. The number of hydrogen-bond acceptors (Lipinski definition) is 4. The van der Waals surface area contributed by atoms with Crippen LogP contribution in [-0.2, 0) is 16.6 Å². The Bertz CT molecular complexity index is 546. The molecule has 1 saturated carbocycles. The first-order valence-corrected chi connectivity index (χ1v) is 8.17. The molecule has 3 N–H and O–H groups in total. The summed E-state index contributed by atoms with van der Waals surface area (Å²) in [6, 6.07) is 0. The van der Waals surface area contributed by atoms with Gasteiger partial charge in [0.1, 0.15) is 4.90 Å². The lowest BCUT2D eigenvalue weighted by atomic mass is 9.71.